The third-order valence-electron chi connectivity index (χ3n) is 3.84. The highest BCUT2D eigenvalue weighted by atomic mass is 32.2. The van der Waals surface area contributed by atoms with Crippen LogP contribution >= 0.6 is 11.8 Å². The topological polar surface area (TPSA) is 32.3 Å². The van der Waals surface area contributed by atoms with Crippen LogP contribution in [0.15, 0.2) is 24.3 Å². The molecule has 1 aliphatic rings. The number of aliphatic hydroxyl groups is 1. The zero-order chi connectivity index (χ0) is 13.0. The zero-order valence-electron chi connectivity index (χ0n) is 11.2. The molecule has 3 atom stereocenters. The summed E-state index contributed by atoms with van der Waals surface area (Å²) >= 11 is 1.99. The van der Waals surface area contributed by atoms with Gasteiger partial charge in [0, 0.05) is 17.3 Å². The van der Waals surface area contributed by atoms with Crippen LogP contribution in [0.25, 0.3) is 0 Å². The maximum absolute atomic E-state index is 9.17. The maximum atomic E-state index is 9.17. The van der Waals surface area contributed by atoms with Crippen molar-refractivity contribution >= 4 is 11.8 Å². The summed E-state index contributed by atoms with van der Waals surface area (Å²) in [6.45, 7) is 2.33. The first-order valence-corrected chi connectivity index (χ1v) is 8.00. The Morgan fingerprint density at radius 1 is 1.44 bits per heavy atom. The number of aliphatic hydroxyl groups excluding tert-OH is 1. The number of rotatable bonds is 5. The van der Waals surface area contributed by atoms with Crippen molar-refractivity contribution in [2.24, 2.45) is 0 Å². The third kappa shape index (κ3) is 3.50. The molecule has 2 rings (SSSR count). The summed E-state index contributed by atoms with van der Waals surface area (Å²) < 4.78 is 0. The molecule has 0 spiro atoms. The van der Waals surface area contributed by atoms with Crippen molar-refractivity contribution in [1.82, 2.24) is 5.32 Å². The van der Waals surface area contributed by atoms with Crippen LogP contribution in [0.3, 0.4) is 0 Å². The largest absolute Gasteiger partial charge is 0.392 e. The molecule has 0 radical (unpaired) electrons. The Hall–Kier alpha value is -0.510. The highest BCUT2D eigenvalue weighted by Crippen LogP contribution is 2.29. The molecule has 1 aromatic carbocycles. The molecule has 0 bridgehead atoms. The lowest BCUT2D eigenvalue weighted by molar-refractivity contribution is 0.281. The molecule has 1 saturated carbocycles. The standard InChI is InChI=1S/C15H23NOS/c1-11(13-5-3-4-12(8-13)10-17)16-14-6-7-15(9-14)18-2/h3-5,8,11,14-17H,6-7,9-10H2,1-2H3. The highest BCUT2D eigenvalue weighted by molar-refractivity contribution is 7.99. The SMILES string of the molecule is CSC1CCC(NC(C)c2cccc(CO)c2)C1. The van der Waals surface area contributed by atoms with Gasteiger partial charge in [-0.25, -0.2) is 0 Å². The van der Waals surface area contributed by atoms with Gasteiger partial charge in [0.05, 0.1) is 6.61 Å². The van der Waals surface area contributed by atoms with Crippen molar-refractivity contribution in [2.45, 2.75) is 50.1 Å². The van der Waals surface area contributed by atoms with Crippen LogP contribution in [0.5, 0.6) is 0 Å². The molecular formula is C15H23NOS. The van der Waals surface area contributed by atoms with E-state index in [4.69, 9.17) is 0 Å². The molecule has 1 fully saturated rings. The van der Waals surface area contributed by atoms with Gasteiger partial charge in [0.25, 0.3) is 0 Å². The molecule has 2 N–H and O–H groups in total. The molecule has 0 heterocycles. The Balaban J connectivity index is 1.93. The Kier molecular flexibility index (Phi) is 5.10. The summed E-state index contributed by atoms with van der Waals surface area (Å²) in [6, 6.07) is 9.24. The van der Waals surface area contributed by atoms with Crippen LogP contribution < -0.4 is 5.32 Å². The summed E-state index contributed by atoms with van der Waals surface area (Å²) in [5, 5.41) is 13.7. The third-order valence-corrected chi connectivity index (χ3v) is 4.93. The van der Waals surface area contributed by atoms with Gasteiger partial charge in [0.15, 0.2) is 0 Å². The molecule has 3 unspecified atom stereocenters. The first kappa shape index (κ1) is 13.9. The average Bonchev–Trinajstić information content (AvgIpc) is 2.86. The fourth-order valence-corrected chi connectivity index (χ4v) is 3.51. The van der Waals surface area contributed by atoms with E-state index in [9.17, 15) is 5.11 Å². The normalized spacial score (nSPS) is 25.3. The monoisotopic (exact) mass is 265 g/mol. The van der Waals surface area contributed by atoms with Crippen molar-refractivity contribution < 1.29 is 5.11 Å². The Morgan fingerprint density at radius 2 is 2.28 bits per heavy atom. The van der Waals surface area contributed by atoms with Crippen LogP contribution in [0.1, 0.15) is 43.4 Å². The predicted molar refractivity (Wildman–Crippen MR) is 78.9 cm³/mol. The van der Waals surface area contributed by atoms with Crippen LogP contribution in [0.4, 0.5) is 0 Å². The fourth-order valence-electron chi connectivity index (χ4n) is 2.72. The lowest BCUT2D eigenvalue weighted by Gasteiger charge is -2.20. The predicted octanol–water partition coefficient (Wildman–Crippen LogP) is 3.11. The number of nitrogens with one attached hydrogen (secondary N) is 1. The van der Waals surface area contributed by atoms with E-state index in [-0.39, 0.29) is 6.61 Å². The van der Waals surface area contributed by atoms with Crippen molar-refractivity contribution in [1.29, 1.82) is 0 Å². The van der Waals surface area contributed by atoms with Crippen molar-refractivity contribution in [3.05, 3.63) is 35.4 Å². The van der Waals surface area contributed by atoms with Crippen LogP contribution in [-0.4, -0.2) is 22.7 Å². The number of thioether (sulfide) groups is 1. The minimum atomic E-state index is 0.124. The Labute approximate surface area is 114 Å². The second-order valence-corrected chi connectivity index (χ2v) is 6.30. The maximum Gasteiger partial charge on any atom is 0.0681 e. The van der Waals surface area contributed by atoms with Gasteiger partial charge in [0.2, 0.25) is 0 Å². The van der Waals surface area contributed by atoms with Crippen molar-refractivity contribution in [3.8, 4) is 0 Å². The van der Waals surface area contributed by atoms with Gasteiger partial charge in [-0.15, -0.1) is 0 Å². The van der Waals surface area contributed by atoms with Gasteiger partial charge in [-0.2, -0.15) is 11.8 Å². The summed E-state index contributed by atoms with van der Waals surface area (Å²) in [5.41, 5.74) is 2.27. The molecule has 2 nitrogen and oxygen atoms in total. The van der Waals surface area contributed by atoms with Gasteiger partial charge in [-0.05, 0) is 43.6 Å². The molecule has 100 valence electrons. The van der Waals surface area contributed by atoms with E-state index in [1.807, 2.05) is 23.9 Å². The van der Waals surface area contributed by atoms with Gasteiger partial charge in [0.1, 0.15) is 0 Å². The number of hydrogen-bond acceptors (Lipinski definition) is 3. The smallest absolute Gasteiger partial charge is 0.0681 e. The molecule has 18 heavy (non-hydrogen) atoms. The molecule has 0 amide bonds. The number of hydrogen-bond donors (Lipinski definition) is 2. The minimum Gasteiger partial charge on any atom is -0.392 e. The highest BCUT2D eigenvalue weighted by Gasteiger charge is 2.24. The van der Waals surface area contributed by atoms with Crippen molar-refractivity contribution in [3.63, 3.8) is 0 Å². The Morgan fingerprint density at radius 3 is 2.94 bits per heavy atom. The van der Waals surface area contributed by atoms with E-state index in [1.165, 1.54) is 24.8 Å². The summed E-state index contributed by atoms with van der Waals surface area (Å²) in [5.74, 6) is 0. The molecule has 1 aromatic rings. The quantitative estimate of drug-likeness (QED) is 0.858. The molecular weight excluding hydrogens is 242 g/mol. The van der Waals surface area contributed by atoms with Crippen LogP contribution in [0, 0.1) is 0 Å². The average molecular weight is 265 g/mol. The Bertz CT molecular complexity index is 383. The van der Waals surface area contributed by atoms with E-state index in [2.05, 4.69) is 30.6 Å². The van der Waals surface area contributed by atoms with Crippen LogP contribution in [0.2, 0.25) is 0 Å². The van der Waals surface area contributed by atoms with Gasteiger partial charge in [-0.1, -0.05) is 24.3 Å². The van der Waals surface area contributed by atoms with E-state index in [0.29, 0.717) is 12.1 Å². The molecule has 0 aromatic heterocycles. The number of benzene rings is 1. The molecule has 0 saturated heterocycles. The van der Waals surface area contributed by atoms with E-state index >= 15 is 0 Å². The van der Waals surface area contributed by atoms with Crippen LogP contribution in [-0.2, 0) is 6.61 Å². The van der Waals surface area contributed by atoms with Gasteiger partial charge < -0.3 is 10.4 Å². The lowest BCUT2D eigenvalue weighted by Crippen LogP contribution is -2.29. The van der Waals surface area contributed by atoms with Gasteiger partial charge >= 0.3 is 0 Å². The molecule has 0 aliphatic heterocycles. The van der Waals surface area contributed by atoms with E-state index < -0.39 is 0 Å². The van der Waals surface area contributed by atoms with Gasteiger partial charge in [-0.3, -0.25) is 0 Å². The fraction of sp³-hybridized carbons (Fsp3) is 0.600. The second-order valence-electron chi connectivity index (χ2n) is 5.16. The van der Waals surface area contributed by atoms with E-state index in [0.717, 1.165) is 10.8 Å². The second kappa shape index (κ2) is 6.60. The first-order chi connectivity index (χ1) is 8.72. The minimum absolute atomic E-state index is 0.124. The van der Waals surface area contributed by atoms with Crippen molar-refractivity contribution in [2.75, 3.05) is 6.26 Å². The summed E-state index contributed by atoms with van der Waals surface area (Å²) in [4.78, 5) is 0. The first-order valence-electron chi connectivity index (χ1n) is 6.71. The molecule has 1 aliphatic carbocycles. The summed E-state index contributed by atoms with van der Waals surface area (Å²) in [6.07, 6.45) is 6.12. The molecule has 3 heteroatoms. The summed E-state index contributed by atoms with van der Waals surface area (Å²) in [7, 11) is 0. The zero-order valence-corrected chi connectivity index (χ0v) is 12.0. The van der Waals surface area contributed by atoms with E-state index in [1.54, 1.807) is 0 Å². The lowest BCUT2D eigenvalue weighted by atomic mass is 10.0.